The third-order valence-corrected chi connectivity index (χ3v) is 5.77. The van der Waals surface area contributed by atoms with Crippen LogP contribution < -0.4 is 9.44 Å². The Kier molecular flexibility index (Phi) is 7.43. The molecule has 0 amide bonds. The summed E-state index contributed by atoms with van der Waals surface area (Å²) < 4.78 is 56.3. The minimum atomic E-state index is -3.46. The van der Waals surface area contributed by atoms with Crippen LogP contribution in [0.15, 0.2) is 29.2 Å². The second-order valence-electron chi connectivity index (χ2n) is 4.60. The maximum atomic E-state index is 11.8. The van der Waals surface area contributed by atoms with Crippen LogP contribution in [0.5, 0.6) is 0 Å². The van der Waals surface area contributed by atoms with Gasteiger partial charge in [0.1, 0.15) is 0 Å². The molecule has 2 N–H and O–H groups in total. The average Bonchev–Trinajstić information content (AvgIpc) is 2.45. The predicted molar refractivity (Wildman–Crippen MR) is 84.7 cm³/mol. The van der Waals surface area contributed by atoms with Crippen LogP contribution in [0, 0.1) is 0 Å². The molecule has 126 valence electrons. The van der Waals surface area contributed by atoms with E-state index in [0.29, 0.717) is 13.0 Å². The molecule has 0 aromatic heterocycles. The standard InChI is InChI=1S/C13H22N2O5S2/c1-3-14-22(18,19)13-6-4-12(5-7-13)8-9-15-21(16,17)11-10-20-2/h4-7,14-15H,3,8-11H2,1-2H3. The monoisotopic (exact) mass is 350 g/mol. The highest BCUT2D eigenvalue weighted by Crippen LogP contribution is 2.10. The van der Waals surface area contributed by atoms with Gasteiger partial charge in [-0.15, -0.1) is 0 Å². The van der Waals surface area contributed by atoms with Crippen molar-refractivity contribution in [1.82, 2.24) is 9.44 Å². The maximum absolute atomic E-state index is 11.8. The van der Waals surface area contributed by atoms with Crippen molar-refractivity contribution < 1.29 is 21.6 Å². The lowest BCUT2D eigenvalue weighted by Crippen LogP contribution is -2.30. The first-order chi connectivity index (χ1) is 10.3. The lowest BCUT2D eigenvalue weighted by molar-refractivity contribution is 0.217. The van der Waals surface area contributed by atoms with Crippen LogP contribution in [0.1, 0.15) is 12.5 Å². The SMILES string of the molecule is CCNS(=O)(=O)c1ccc(CCNS(=O)(=O)CCOC)cc1. The Morgan fingerprint density at radius 1 is 1.05 bits per heavy atom. The zero-order chi connectivity index (χ0) is 16.6. The van der Waals surface area contributed by atoms with Crippen molar-refractivity contribution in [3.8, 4) is 0 Å². The quantitative estimate of drug-likeness (QED) is 0.623. The molecule has 22 heavy (non-hydrogen) atoms. The van der Waals surface area contributed by atoms with E-state index < -0.39 is 20.0 Å². The van der Waals surface area contributed by atoms with Crippen LogP contribution in [0.25, 0.3) is 0 Å². The van der Waals surface area contributed by atoms with Gasteiger partial charge in [-0.1, -0.05) is 19.1 Å². The molecule has 0 aliphatic heterocycles. The van der Waals surface area contributed by atoms with Crippen LogP contribution >= 0.6 is 0 Å². The summed E-state index contributed by atoms with van der Waals surface area (Å²) >= 11 is 0. The molecule has 0 bridgehead atoms. The molecule has 0 heterocycles. The number of nitrogens with one attached hydrogen (secondary N) is 2. The van der Waals surface area contributed by atoms with Gasteiger partial charge >= 0.3 is 0 Å². The molecule has 1 rings (SSSR count). The van der Waals surface area contributed by atoms with E-state index in [1.54, 1.807) is 19.1 Å². The largest absolute Gasteiger partial charge is 0.384 e. The second kappa shape index (κ2) is 8.59. The van der Waals surface area contributed by atoms with Gasteiger partial charge in [-0.2, -0.15) is 0 Å². The van der Waals surface area contributed by atoms with Gasteiger partial charge in [0, 0.05) is 20.2 Å². The first-order valence-corrected chi connectivity index (χ1v) is 9.99. The van der Waals surface area contributed by atoms with E-state index in [-0.39, 0.29) is 23.8 Å². The van der Waals surface area contributed by atoms with Crippen LogP contribution in [0.3, 0.4) is 0 Å². The lowest BCUT2D eigenvalue weighted by atomic mass is 10.2. The number of hydrogen-bond donors (Lipinski definition) is 2. The summed E-state index contributed by atoms with van der Waals surface area (Å²) in [5.41, 5.74) is 0.852. The third kappa shape index (κ3) is 6.41. The molecule has 1 aromatic carbocycles. The van der Waals surface area contributed by atoms with Crippen molar-refractivity contribution in [1.29, 1.82) is 0 Å². The molecule has 9 heteroatoms. The molecule has 0 radical (unpaired) electrons. The molecule has 7 nitrogen and oxygen atoms in total. The summed E-state index contributed by atoms with van der Waals surface area (Å²) in [6.07, 6.45) is 0.480. The molecular weight excluding hydrogens is 328 g/mol. The van der Waals surface area contributed by atoms with E-state index in [9.17, 15) is 16.8 Å². The van der Waals surface area contributed by atoms with Crippen molar-refractivity contribution in [2.24, 2.45) is 0 Å². The van der Waals surface area contributed by atoms with Crippen molar-refractivity contribution in [3.05, 3.63) is 29.8 Å². The van der Waals surface area contributed by atoms with Crippen LogP contribution in [-0.4, -0.2) is 49.4 Å². The fourth-order valence-corrected chi connectivity index (χ4v) is 3.71. The first kappa shape index (κ1) is 19.0. The summed E-state index contributed by atoms with van der Waals surface area (Å²) in [5.74, 6) is -0.0800. The topological polar surface area (TPSA) is 102 Å². The Balaban J connectivity index is 2.55. The highest BCUT2D eigenvalue weighted by Gasteiger charge is 2.12. The average molecular weight is 350 g/mol. The van der Waals surface area contributed by atoms with Gasteiger partial charge in [-0.25, -0.2) is 26.3 Å². The van der Waals surface area contributed by atoms with Gasteiger partial charge < -0.3 is 4.74 Å². The summed E-state index contributed by atoms with van der Waals surface area (Å²) in [7, 11) is -5.35. The van der Waals surface area contributed by atoms with Gasteiger partial charge in [-0.05, 0) is 24.1 Å². The lowest BCUT2D eigenvalue weighted by Gasteiger charge is -2.08. The van der Waals surface area contributed by atoms with Crippen molar-refractivity contribution in [2.75, 3.05) is 32.6 Å². The van der Waals surface area contributed by atoms with Crippen LogP contribution in [0.2, 0.25) is 0 Å². The van der Waals surface area contributed by atoms with Gasteiger partial charge in [0.05, 0.1) is 17.3 Å². The number of sulfonamides is 2. The summed E-state index contributed by atoms with van der Waals surface area (Å²) in [6, 6.07) is 6.36. The minimum Gasteiger partial charge on any atom is -0.384 e. The second-order valence-corrected chi connectivity index (χ2v) is 8.29. The number of benzene rings is 1. The van der Waals surface area contributed by atoms with Crippen molar-refractivity contribution >= 4 is 20.0 Å². The van der Waals surface area contributed by atoms with Gasteiger partial charge in [0.25, 0.3) is 0 Å². The van der Waals surface area contributed by atoms with Crippen LogP contribution in [-0.2, 0) is 31.2 Å². The van der Waals surface area contributed by atoms with Crippen LogP contribution in [0.4, 0.5) is 0 Å². The molecule has 0 aliphatic rings. The Bertz CT molecular complexity index is 654. The van der Waals surface area contributed by atoms with Gasteiger partial charge in [-0.3, -0.25) is 0 Å². The zero-order valence-electron chi connectivity index (χ0n) is 12.7. The highest BCUT2D eigenvalue weighted by atomic mass is 32.2. The van der Waals surface area contributed by atoms with E-state index >= 15 is 0 Å². The van der Waals surface area contributed by atoms with Crippen molar-refractivity contribution in [2.45, 2.75) is 18.2 Å². The summed E-state index contributed by atoms with van der Waals surface area (Å²) in [5, 5.41) is 0. The minimum absolute atomic E-state index is 0.0800. The fraction of sp³-hybridized carbons (Fsp3) is 0.538. The molecule has 0 atom stereocenters. The van der Waals surface area contributed by atoms with Crippen molar-refractivity contribution in [3.63, 3.8) is 0 Å². The smallest absolute Gasteiger partial charge is 0.240 e. The molecule has 0 spiro atoms. The van der Waals surface area contributed by atoms with Gasteiger partial charge in [0.15, 0.2) is 0 Å². The predicted octanol–water partition coefficient (Wildman–Crippen LogP) is 0.0931. The molecule has 0 unspecified atom stereocenters. The normalized spacial score (nSPS) is 12.5. The molecule has 0 fully saturated rings. The highest BCUT2D eigenvalue weighted by molar-refractivity contribution is 7.89. The Morgan fingerprint density at radius 3 is 2.23 bits per heavy atom. The number of methoxy groups -OCH3 is 1. The number of ether oxygens (including phenoxy) is 1. The van der Waals surface area contributed by atoms with Gasteiger partial charge in [0.2, 0.25) is 20.0 Å². The maximum Gasteiger partial charge on any atom is 0.240 e. The summed E-state index contributed by atoms with van der Waals surface area (Å²) in [6.45, 7) is 2.44. The molecular formula is C13H22N2O5S2. The zero-order valence-corrected chi connectivity index (χ0v) is 14.3. The van der Waals surface area contributed by atoms with E-state index in [0.717, 1.165) is 5.56 Å². The molecule has 0 saturated carbocycles. The van der Waals surface area contributed by atoms with E-state index in [1.807, 2.05) is 0 Å². The molecule has 1 aromatic rings. The Labute approximate surface area is 132 Å². The molecule has 0 saturated heterocycles. The fourth-order valence-electron chi connectivity index (χ4n) is 1.72. The van der Waals surface area contributed by atoms with E-state index in [2.05, 4.69) is 9.44 Å². The number of rotatable bonds is 10. The Morgan fingerprint density at radius 2 is 1.68 bits per heavy atom. The Hall–Kier alpha value is -1.00. The van der Waals surface area contributed by atoms with E-state index in [1.165, 1.54) is 19.2 Å². The third-order valence-electron chi connectivity index (χ3n) is 2.86. The van der Waals surface area contributed by atoms with E-state index in [4.69, 9.17) is 4.74 Å². The molecule has 0 aliphatic carbocycles. The number of hydrogen-bond acceptors (Lipinski definition) is 5. The first-order valence-electron chi connectivity index (χ1n) is 6.85. The summed E-state index contributed by atoms with van der Waals surface area (Å²) in [4.78, 5) is 0.193.